The zero-order valence-corrected chi connectivity index (χ0v) is 12.0. The Morgan fingerprint density at radius 2 is 2.15 bits per heavy atom. The number of rotatable bonds is 3. The smallest absolute Gasteiger partial charge is 0.306 e. The Balaban J connectivity index is 2.12. The van der Waals surface area contributed by atoms with E-state index in [0.717, 1.165) is 0 Å². The molecule has 0 aromatic heterocycles. The summed E-state index contributed by atoms with van der Waals surface area (Å²) in [6, 6.07) is 4.67. The lowest BCUT2D eigenvalue weighted by atomic mass is 10.1. The molecule has 1 heterocycles. The number of hydrogen-bond acceptors (Lipinski definition) is 3. The van der Waals surface area contributed by atoms with Crippen LogP contribution in [0.2, 0.25) is 10.0 Å². The summed E-state index contributed by atoms with van der Waals surface area (Å²) in [4.78, 5) is 24.6. The Bertz CT molecular complexity index is 535. The van der Waals surface area contributed by atoms with E-state index in [1.165, 1.54) is 11.0 Å². The Morgan fingerprint density at radius 1 is 1.40 bits per heavy atom. The zero-order valence-electron chi connectivity index (χ0n) is 10.5. The summed E-state index contributed by atoms with van der Waals surface area (Å²) in [6.45, 7) is 0.938. The number of halogens is 2. The molecule has 5 nitrogen and oxygen atoms in total. The van der Waals surface area contributed by atoms with Gasteiger partial charge < -0.3 is 14.7 Å². The van der Waals surface area contributed by atoms with E-state index < -0.39 is 12.1 Å². The van der Waals surface area contributed by atoms with E-state index in [1.54, 1.807) is 12.1 Å². The lowest BCUT2D eigenvalue weighted by Crippen LogP contribution is -2.46. The van der Waals surface area contributed by atoms with Crippen molar-refractivity contribution in [2.24, 2.45) is 0 Å². The Hall–Kier alpha value is -1.30. The maximum atomic E-state index is 12.4. The van der Waals surface area contributed by atoms with Crippen molar-refractivity contribution in [2.75, 3.05) is 19.7 Å². The molecule has 108 valence electrons. The zero-order chi connectivity index (χ0) is 14.7. The van der Waals surface area contributed by atoms with Gasteiger partial charge in [0.05, 0.1) is 29.7 Å². The van der Waals surface area contributed by atoms with Crippen LogP contribution in [0.15, 0.2) is 18.2 Å². The van der Waals surface area contributed by atoms with Crippen molar-refractivity contribution in [1.29, 1.82) is 0 Å². The lowest BCUT2D eigenvalue weighted by molar-refractivity contribution is -0.141. The molecule has 0 bridgehead atoms. The molecule has 1 aliphatic rings. The van der Waals surface area contributed by atoms with E-state index in [0.29, 0.717) is 28.8 Å². The van der Waals surface area contributed by atoms with Gasteiger partial charge in [0.25, 0.3) is 5.91 Å². The number of nitrogens with zero attached hydrogens (tertiary/aromatic N) is 1. The van der Waals surface area contributed by atoms with E-state index in [2.05, 4.69) is 0 Å². The molecular formula is C13H13Cl2NO4. The molecule has 2 rings (SSSR count). The van der Waals surface area contributed by atoms with Crippen molar-refractivity contribution in [1.82, 2.24) is 4.90 Å². The van der Waals surface area contributed by atoms with Crippen LogP contribution in [0.5, 0.6) is 0 Å². The topological polar surface area (TPSA) is 66.8 Å². The molecule has 1 amide bonds. The molecule has 20 heavy (non-hydrogen) atoms. The van der Waals surface area contributed by atoms with Crippen LogP contribution in [0.3, 0.4) is 0 Å². The van der Waals surface area contributed by atoms with Gasteiger partial charge in [-0.25, -0.2) is 0 Å². The molecule has 0 aliphatic carbocycles. The molecule has 0 radical (unpaired) electrons. The molecule has 1 fully saturated rings. The summed E-state index contributed by atoms with van der Waals surface area (Å²) in [5, 5.41) is 9.51. The second kappa shape index (κ2) is 6.43. The fourth-order valence-electron chi connectivity index (χ4n) is 2.05. The first-order chi connectivity index (χ1) is 9.47. The number of benzene rings is 1. The number of ether oxygens (including phenoxy) is 1. The molecule has 0 spiro atoms. The van der Waals surface area contributed by atoms with Gasteiger partial charge in [-0.15, -0.1) is 0 Å². The van der Waals surface area contributed by atoms with Crippen molar-refractivity contribution in [2.45, 2.75) is 12.5 Å². The highest BCUT2D eigenvalue weighted by atomic mass is 35.5. The van der Waals surface area contributed by atoms with Gasteiger partial charge in [0.1, 0.15) is 0 Å². The Kier molecular flexibility index (Phi) is 4.86. The third-order valence-electron chi connectivity index (χ3n) is 2.99. The number of carbonyl (C=O) groups excluding carboxylic acids is 1. The van der Waals surface area contributed by atoms with Gasteiger partial charge in [-0.2, -0.15) is 0 Å². The van der Waals surface area contributed by atoms with Crippen LogP contribution in [-0.2, 0) is 9.53 Å². The van der Waals surface area contributed by atoms with Crippen LogP contribution in [0, 0.1) is 0 Å². The summed E-state index contributed by atoms with van der Waals surface area (Å²) >= 11 is 11.9. The second-order valence-electron chi connectivity index (χ2n) is 4.47. The highest BCUT2D eigenvalue weighted by molar-refractivity contribution is 6.35. The number of carboxylic acid groups (broad SMARTS) is 1. The Labute approximate surface area is 126 Å². The number of hydrogen-bond donors (Lipinski definition) is 1. The van der Waals surface area contributed by atoms with Gasteiger partial charge in [0.15, 0.2) is 0 Å². The normalized spacial score (nSPS) is 18.9. The fraction of sp³-hybridized carbons (Fsp3) is 0.385. The van der Waals surface area contributed by atoms with Crippen molar-refractivity contribution in [3.05, 3.63) is 33.8 Å². The van der Waals surface area contributed by atoms with E-state index >= 15 is 0 Å². The maximum absolute atomic E-state index is 12.4. The quantitative estimate of drug-likeness (QED) is 0.929. The molecule has 7 heteroatoms. The third kappa shape index (κ3) is 3.62. The predicted molar refractivity (Wildman–Crippen MR) is 74.4 cm³/mol. The van der Waals surface area contributed by atoms with Crippen LogP contribution in [0.1, 0.15) is 16.8 Å². The van der Waals surface area contributed by atoms with Gasteiger partial charge in [0, 0.05) is 18.1 Å². The van der Waals surface area contributed by atoms with Crippen LogP contribution in [0.4, 0.5) is 0 Å². The SMILES string of the molecule is O=C(O)C[C@H]1CN(C(=O)c2cc(Cl)ccc2Cl)CCO1. The molecule has 1 atom stereocenters. The van der Waals surface area contributed by atoms with Crippen molar-refractivity contribution >= 4 is 35.1 Å². The number of carbonyl (C=O) groups is 2. The van der Waals surface area contributed by atoms with Crippen LogP contribution >= 0.6 is 23.2 Å². The number of carboxylic acids is 1. The van der Waals surface area contributed by atoms with Crippen molar-refractivity contribution in [3.63, 3.8) is 0 Å². The molecule has 1 N–H and O–H groups in total. The van der Waals surface area contributed by atoms with Gasteiger partial charge >= 0.3 is 5.97 Å². The van der Waals surface area contributed by atoms with Gasteiger partial charge in [-0.3, -0.25) is 9.59 Å². The van der Waals surface area contributed by atoms with Gasteiger partial charge in [-0.1, -0.05) is 23.2 Å². The van der Waals surface area contributed by atoms with Crippen LogP contribution in [-0.4, -0.2) is 47.7 Å². The largest absolute Gasteiger partial charge is 0.481 e. The first-order valence-electron chi connectivity index (χ1n) is 6.05. The summed E-state index contributed by atoms with van der Waals surface area (Å²) in [6.07, 6.45) is -0.629. The van der Waals surface area contributed by atoms with Crippen molar-refractivity contribution in [3.8, 4) is 0 Å². The highest BCUT2D eigenvalue weighted by Crippen LogP contribution is 2.23. The number of morpholine rings is 1. The highest BCUT2D eigenvalue weighted by Gasteiger charge is 2.27. The van der Waals surface area contributed by atoms with E-state index in [9.17, 15) is 9.59 Å². The second-order valence-corrected chi connectivity index (χ2v) is 5.31. The number of aliphatic carboxylic acids is 1. The summed E-state index contributed by atoms with van der Waals surface area (Å²) in [5.74, 6) is -1.22. The minimum atomic E-state index is -0.954. The third-order valence-corrected chi connectivity index (χ3v) is 3.55. The molecule has 0 unspecified atom stereocenters. The minimum absolute atomic E-state index is 0.132. The van der Waals surface area contributed by atoms with E-state index in [-0.39, 0.29) is 18.9 Å². The molecule has 1 saturated heterocycles. The van der Waals surface area contributed by atoms with E-state index in [1.807, 2.05) is 0 Å². The van der Waals surface area contributed by atoms with Gasteiger partial charge in [0.2, 0.25) is 0 Å². The average Bonchev–Trinajstić information content (AvgIpc) is 2.40. The first-order valence-corrected chi connectivity index (χ1v) is 6.80. The Morgan fingerprint density at radius 3 is 2.85 bits per heavy atom. The fourth-order valence-corrected chi connectivity index (χ4v) is 2.42. The molecule has 1 aromatic rings. The molecular weight excluding hydrogens is 305 g/mol. The molecule has 1 aliphatic heterocycles. The first kappa shape index (κ1) is 15.1. The average molecular weight is 318 g/mol. The molecule has 1 aromatic carbocycles. The minimum Gasteiger partial charge on any atom is -0.481 e. The van der Waals surface area contributed by atoms with E-state index in [4.69, 9.17) is 33.0 Å². The van der Waals surface area contributed by atoms with Crippen molar-refractivity contribution < 1.29 is 19.4 Å². The maximum Gasteiger partial charge on any atom is 0.306 e. The summed E-state index contributed by atoms with van der Waals surface area (Å²) in [7, 11) is 0. The number of amides is 1. The standard InChI is InChI=1S/C13H13Cl2NO4/c14-8-1-2-11(15)10(5-8)13(19)16-3-4-20-9(7-16)6-12(17)18/h1-2,5,9H,3-4,6-7H2,(H,17,18)/t9-/m0/s1. The molecule has 0 saturated carbocycles. The predicted octanol–water partition coefficient (Wildman–Crippen LogP) is 2.31. The van der Waals surface area contributed by atoms with Gasteiger partial charge in [-0.05, 0) is 18.2 Å². The summed E-state index contributed by atoms with van der Waals surface area (Å²) < 4.78 is 5.33. The lowest BCUT2D eigenvalue weighted by Gasteiger charge is -2.32. The van der Waals surface area contributed by atoms with Crippen LogP contribution in [0.25, 0.3) is 0 Å². The monoisotopic (exact) mass is 317 g/mol. The van der Waals surface area contributed by atoms with Crippen LogP contribution < -0.4 is 0 Å². The summed E-state index contributed by atoms with van der Waals surface area (Å²) in [5.41, 5.74) is 0.315.